The molecule has 1 atom stereocenters. The largest absolute Gasteiger partial charge is 0.507 e. The molecule has 2 amide bonds. The SMILES string of the molecule is CCNC(=O)c1noc(-c2cc(Cl)c(O)cc2O)c1-c1ccc(OCc2cnc([C@H](CCCCCC(C)=O)NC(=O)C3CN(C)C3)[nH]2)cc1. The lowest BCUT2D eigenvalue weighted by atomic mass is 9.98. The van der Waals surface area contributed by atoms with Gasteiger partial charge in [0.25, 0.3) is 5.91 Å². The Bertz CT molecular complexity index is 1780. The van der Waals surface area contributed by atoms with Crippen molar-refractivity contribution in [3.05, 3.63) is 64.8 Å². The first kappa shape index (κ1) is 35.4. The molecule has 0 saturated carbocycles. The predicted octanol–water partition coefficient (Wildman–Crippen LogP) is 5.38. The highest BCUT2D eigenvalue weighted by atomic mass is 35.5. The van der Waals surface area contributed by atoms with Crippen LogP contribution in [0.3, 0.4) is 0 Å². The fraction of sp³-hybridized carbons (Fsp3) is 0.400. The molecule has 1 aliphatic heterocycles. The van der Waals surface area contributed by atoms with Gasteiger partial charge in [0.05, 0.1) is 40.0 Å². The van der Waals surface area contributed by atoms with Crippen molar-refractivity contribution in [2.75, 3.05) is 26.7 Å². The van der Waals surface area contributed by atoms with Crippen LogP contribution < -0.4 is 15.4 Å². The van der Waals surface area contributed by atoms with Crippen LogP contribution in [0.4, 0.5) is 0 Å². The smallest absolute Gasteiger partial charge is 0.274 e. The van der Waals surface area contributed by atoms with Crippen molar-refractivity contribution in [3.63, 3.8) is 0 Å². The maximum atomic E-state index is 12.9. The van der Waals surface area contributed by atoms with Crippen molar-refractivity contribution >= 4 is 29.2 Å². The summed E-state index contributed by atoms with van der Waals surface area (Å²) in [6, 6.07) is 9.08. The molecule has 1 saturated heterocycles. The first-order chi connectivity index (χ1) is 23.5. The van der Waals surface area contributed by atoms with Gasteiger partial charge < -0.3 is 44.8 Å². The summed E-state index contributed by atoms with van der Waals surface area (Å²) in [7, 11) is 1.98. The van der Waals surface area contributed by atoms with Gasteiger partial charge in [0.1, 0.15) is 35.5 Å². The van der Waals surface area contributed by atoms with E-state index in [-0.39, 0.29) is 63.8 Å². The first-order valence-corrected chi connectivity index (χ1v) is 16.7. The fourth-order valence-electron chi connectivity index (χ4n) is 5.71. The number of aromatic hydroxyl groups is 2. The van der Waals surface area contributed by atoms with Crippen LogP contribution in [0.5, 0.6) is 17.2 Å². The average Bonchev–Trinajstić information content (AvgIpc) is 3.71. The highest BCUT2D eigenvalue weighted by molar-refractivity contribution is 6.32. The number of H-pyrrole nitrogens is 1. The van der Waals surface area contributed by atoms with Gasteiger partial charge in [-0.05, 0) is 57.5 Å². The van der Waals surface area contributed by atoms with Crippen molar-refractivity contribution in [2.45, 2.75) is 58.6 Å². The van der Waals surface area contributed by atoms with E-state index in [2.05, 4.69) is 30.7 Å². The molecule has 13 nitrogen and oxygen atoms in total. The van der Waals surface area contributed by atoms with Crippen LogP contribution in [0.15, 0.2) is 47.1 Å². The molecule has 14 heteroatoms. The van der Waals surface area contributed by atoms with Gasteiger partial charge in [-0.2, -0.15) is 0 Å². The number of aromatic amines is 1. The van der Waals surface area contributed by atoms with Crippen LogP contribution in [0.25, 0.3) is 22.5 Å². The Balaban J connectivity index is 1.29. The molecule has 1 fully saturated rings. The number of hydrogen-bond acceptors (Lipinski definition) is 10. The summed E-state index contributed by atoms with van der Waals surface area (Å²) in [5.74, 6) is 0.374. The van der Waals surface area contributed by atoms with Gasteiger partial charge in [0.15, 0.2) is 11.5 Å². The van der Waals surface area contributed by atoms with Gasteiger partial charge >= 0.3 is 0 Å². The predicted molar refractivity (Wildman–Crippen MR) is 182 cm³/mol. The normalized spacial score (nSPS) is 13.9. The average molecular weight is 693 g/mol. The zero-order chi connectivity index (χ0) is 35.1. The molecule has 0 aliphatic carbocycles. The van der Waals surface area contributed by atoms with Crippen molar-refractivity contribution in [2.24, 2.45) is 5.92 Å². The molecule has 260 valence electrons. The minimum Gasteiger partial charge on any atom is -0.507 e. The molecule has 2 aromatic carbocycles. The van der Waals surface area contributed by atoms with E-state index in [9.17, 15) is 24.6 Å². The van der Waals surface area contributed by atoms with Crippen LogP contribution in [0.1, 0.15) is 74.0 Å². The number of halogens is 1. The summed E-state index contributed by atoms with van der Waals surface area (Å²) in [5, 5.41) is 30.3. The van der Waals surface area contributed by atoms with Crippen LogP contribution in [-0.2, 0) is 16.2 Å². The van der Waals surface area contributed by atoms with E-state index in [0.717, 1.165) is 44.1 Å². The van der Waals surface area contributed by atoms with Crippen LogP contribution in [0.2, 0.25) is 5.02 Å². The number of phenols is 2. The zero-order valence-electron chi connectivity index (χ0n) is 27.7. The molecule has 5 rings (SSSR count). The Kier molecular flexibility index (Phi) is 11.6. The molecule has 1 aliphatic rings. The zero-order valence-corrected chi connectivity index (χ0v) is 28.5. The molecule has 0 bridgehead atoms. The molecule has 0 radical (unpaired) electrons. The minimum absolute atomic E-state index is 0.00927. The van der Waals surface area contributed by atoms with Gasteiger partial charge in [-0.15, -0.1) is 0 Å². The topological polar surface area (TPSA) is 183 Å². The van der Waals surface area contributed by atoms with Crippen molar-refractivity contribution < 1.29 is 33.9 Å². The van der Waals surface area contributed by atoms with E-state index < -0.39 is 5.91 Å². The number of carbonyl (C=O) groups is 3. The third-order valence-corrected chi connectivity index (χ3v) is 8.65. The minimum atomic E-state index is -0.460. The Labute approximate surface area is 289 Å². The lowest BCUT2D eigenvalue weighted by molar-refractivity contribution is -0.130. The summed E-state index contributed by atoms with van der Waals surface area (Å²) < 4.78 is 11.6. The summed E-state index contributed by atoms with van der Waals surface area (Å²) in [5.41, 5.74) is 1.79. The van der Waals surface area contributed by atoms with Crippen LogP contribution in [0, 0.1) is 5.92 Å². The van der Waals surface area contributed by atoms with Gasteiger partial charge in [0, 0.05) is 32.1 Å². The third-order valence-electron chi connectivity index (χ3n) is 8.34. The Morgan fingerprint density at radius 3 is 2.57 bits per heavy atom. The fourth-order valence-corrected chi connectivity index (χ4v) is 5.87. The third kappa shape index (κ3) is 8.78. The number of unbranched alkanes of at least 4 members (excludes halogenated alkanes) is 2. The number of Topliss-reactive ketones (excluding diaryl/α,β-unsaturated/α-hetero) is 1. The second-order valence-corrected chi connectivity index (χ2v) is 12.7. The van der Waals surface area contributed by atoms with E-state index in [1.54, 1.807) is 44.3 Å². The number of nitrogens with one attached hydrogen (secondary N) is 3. The molecule has 3 heterocycles. The number of nitrogens with zero attached hydrogens (tertiary/aromatic N) is 3. The lowest BCUT2D eigenvalue weighted by Crippen LogP contribution is -2.52. The van der Waals surface area contributed by atoms with Crippen molar-refractivity contribution in [3.8, 4) is 39.7 Å². The number of rotatable bonds is 16. The van der Waals surface area contributed by atoms with Gasteiger partial charge in [-0.3, -0.25) is 9.59 Å². The second-order valence-electron chi connectivity index (χ2n) is 12.3. The number of phenolic OH excluding ortho intramolecular Hbond substituents is 2. The molecule has 0 unspecified atom stereocenters. The van der Waals surface area contributed by atoms with Crippen molar-refractivity contribution in [1.82, 2.24) is 30.7 Å². The molecular formula is C35H41ClN6O7. The highest BCUT2D eigenvalue weighted by Gasteiger charge is 2.32. The van der Waals surface area contributed by atoms with Crippen LogP contribution >= 0.6 is 11.6 Å². The maximum Gasteiger partial charge on any atom is 0.274 e. The maximum absolute atomic E-state index is 12.9. The second kappa shape index (κ2) is 16.0. The number of ketones is 1. The van der Waals surface area contributed by atoms with Crippen LogP contribution in [-0.4, -0.2) is 74.5 Å². The van der Waals surface area contributed by atoms with E-state index in [0.29, 0.717) is 42.1 Å². The Hall–Kier alpha value is -4.88. The van der Waals surface area contributed by atoms with Gasteiger partial charge in [-0.1, -0.05) is 41.7 Å². The van der Waals surface area contributed by atoms with Gasteiger partial charge in [0.2, 0.25) is 5.91 Å². The first-order valence-electron chi connectivity index (χ1n) is 16.3. The Morgan fingerprint density at radius 2 is 1.88 bits per heavy atom. The summed E-state index contributed by atoms with van der Waals surface area (Å²) >= 11 is 6.11. The van der Waals surface area contributed by atoms with Crippen molar-refractivity contribution in [1.29, 1.82) is 0 Å². The number of aromatic nitrogens is 3. The summed E-state index contributed by atoms with van der Waals surface area (Å²) in [6.45, 7) is 5.38. The molecule has 49 heavy (non-hydrogen) atoms. The highest BCUT2D eigenvalue weighted by Crippen LogP contribution is 2.43. The summed E-state index contributed by atoms with van der Waals surface area (Å²) in [6.07, 6.45) is 5.48. The number of imidazole rings is 1. The number of hydrogen-bond donors (Lipinski definition) is 5. The van der Waals surface area contributed by atoms with E-state index in [4.69, 9.17) is 20.9 Å². The molecular weight excluding hydrogens is 652 g/mol. The number of benzene rings is 2. The monoisotopic (exact) mass is 692 g/mol. The van der Waals surface area contributed by atoms with Gasteiger partial charge in [-0.25, -0.2) is 4.98 Å². The molecule has 5 N–H and O–H groups in total. The number of carbonyl (C=O) groups excluding carboxylic acids is 3. The number of amides is 2. The Morgan fingerprint density at radius 1 is 1.12 bits per heavy atom. The lowest BCUT2D eigenvalue weighted by Gasteiger charge is -2.35. The van der Waals surface area contributed by atoms with E-state index in [1.165, 1.54) is 6.07 Å². The molecule has 4 aromatic rings. The summed E-state index contributed by atoms with van der Waals surface area (Å²) in [4.78, 5) is 47.0. The molecule has 0 spiro atoms. The number of ether oxygens (including phenoxy) is 1. The van der Waals surface area contributed by atoms with E-state index in [1.807, 2.05) is 7.05 Å². The number of likely N-dealkylation sites (tertiary alicyclic amines) is 1. The quantitative estimate of drug-likeness (QED) is 0.0956. The van der Waals surface area contributed by atoms with E-state index >= 15 is 0 Å². The standard InChI is InChI=1S/C35H41ClN6O7/c1-4-37-35(47)31-30(32(49-41-31)25-14-26(36)29(45)15-28(25)44)21-10-12-24(13-11-21)48-19-23-16-38-33(39-23)27(9-7-5-6-8-20(2)43)40-34(46)22-17-42(3)18-22/h10-16,22,27,44-45H,4-9,17-19H2,1-3H3,(H,37,47)(H,38,39)(H,40,46)/t27-/m0/s1. The molecule has 2 aromatic heterocycles.